The van der Waals surface area contributed by atoms with E-state index in [1.54, 1.807) is 12.1 Å². The summed E-state index contributed by atoms with van der Waals surface area (Å²) in [5, 5.41) is 13.4. The molecular weight excluding hydrogens is 254 g/mol. The van der Waals surface area contributed by atoms with Crippen LogP contribution >= 0.6 is 0 Å². The fraction of sp³-hybridized carbons (Fsp3) is 0.133. The molecule has 0 spiro atoms. The lowest BCUT2D eigenvalue weighted by Gasteiger charge is -1.98. The summed E-state index contributed by atoms with van der Waals surface area (Å²) in [5.41, 5.74) is 2.96. The summed E-state index contributed by atoms with van der Waals surface area (Å²) >= 11 is 0. The van der Waals surface area contributed by atoms with E-state index in [4.69, 9.17) is 5.11 Å². The Morgan fingerprint density at radius 1 is 1.20 bits per heavy atom. The van der Waals surface area contributed by atoms with Crippen LogP contribution in [-0.4, -0.2) is 25.7 Å². The van der Waals surface area contributed by atoms with Crippen molar-refractivity contribution in [3.05, 3.63) is 65.1 Å². The molecule has 3 aromatic rings. The van der Waals surface area contributed by atoms with Gasteiger partial charge >= 0.3 is 5.97 Å². The highest BCUT2D eigenvalue weighted by Crippen LogP contribution is 2.11. The minimum absolute atomic E-state index is 0.116. The Bertz CT molecular complexity index is 775. The molecular formula is C15H13N3O2. The molecule has 20 heavy (non-hydrogen) atoms. The first-order valence-corrected chi connectivity index (χ1v) is 6.27. The molecule has 0 aliphatic heterocycles. The maximum absolute atomic E-state index is 11.1. The minimum Gasteiger partial charge on any atom is -0.477 e. The number of rotatable bonds is 3. The van der Waals surface area contributed by atoms with E-state index in [0.29, 0.717) is 17.9 Å². The van der Waals surface area contributed by atoms with Crippen molar-refractivity contribution < 1.29 is 9.90 Å². The number of benzene rings is 1. The number of hydrogen-bond donors (Lipinski definition) is 1. The number of carboxylic acids is 1. The number of aryl methyl sites for hydroxylation is 1. The van der Waals surface area contributed by atoms with E-state index in [0.717, 1.165) is 5.56 Å². The average Bonchev–Trinajstić information content (AvgIpc) is 2.83. The summed E-state index contributed by atoms with van der Waals surface area (Å²) in [5.74, 6) is -0.398. The molecule has 5 nitrogen and oxygen atoms in total. The molecule has 3 rings (SSSR count). The van der Waals surface area contributed by atoms with Crippen LogP contribution < -0.4 is 0 Å². The molecule has 0 fully saturated rings. The fourth-order valence-corrected chi connectivity index (χ4v) is 2.07. The van der Waals surface area contributed by atoms with Crippen molar-refractivity contribution in [3.63, 3.8) is 0 Å². The molecule has 5 heteroatoms. The highest BCUT2D eigenvalue weighted by atomic mass is 16.4. The smallest absolute Gasteiger partial charge is 0.354 e. The van der Waals surface area contributed by atoms with Crippen LogP contribution in [0.4, 0.5) is 0 Å². The number of pyridine rings is 1. The van der Waals surface area contributed by atoms with E-state index in [1.165, 1.54) is 16.1 Å². The van der Waals surface area contributed by atoms with Crippen LogP contribution in [0.1, 0.15) is 27.4 Å². The monoisotopic (exact) mass is 267 g/mol. The standard InChI is InChI=1S/C15H13N3O2/c1-10-5-7-11(8-6-10)9-13-16-14-4-2-3-12(15(19)20)18(14)17-13/h2-8H,9H2,1H3,(H,19,20). The lowest BCUT2D eigenvalue weighted by molar-refractivity contribution is 0.0687. The van der Waals surface area contributed by atoms with Crippen molar-refractivity contribution >= 4 is 11.6 Å². The Morgan fingerprint density at radius 2 is 1.95 bits per heavy atom. The lowest BCUT2D eigenvalue weighted by Crippen LogP contribution is -2.05. The van der Waals surface area contributed by atoms with Gasteiger partial charge in [-0.2, -0.15) is 5.10 Å². The van der Waals surface area contributed by atoms with Crippen LogP contribution in [0, 0.1) is 6.92 Å². The van der Waals surface area contributed by atoms with Gasteiger partial charge in [0.1, 0.15) is 0 Å². The number of fused-ring (bicyclic) bond motifs is 1. The maximum atomic E-state index is 11.1. The molecule has 1 aromatic carbocycles. The van der Waals surface area contributed by atoms with E-state index in [1.807, 2.05) is 31.2 Å². The Morgan fingerprint density at radius 3 is 2.65 bits per heavy atom. The van der Waals surface area contributed by atoms with Gasteiger partial charge in [-0.3, -0.25) is 0 Å². The molecule has 0 saturated carbocycles. The Kier molecular flexibility index (Phi) is 2.95. The van der Waals surface area contributed by atoms with Crippen LogP contribution in [-0.2, 0) is 6.42 Å². The van der Waals surface area contributed by atoms with Gasteiger partial charge in [0.15, 0.2) is 17.2 Å². The zero-order valence-corrected chi connectivity index (χ0v) is 10.9. The Hall–Kier alpha value is -2.69. The number of carbonyl (C=O) groups is 1. The van der Waals surface area contributed by atoms with Crippen LogP contribution in [0.25, 0.3) is 5.65 Å². The van der Waals surface area contributed by atoms with E-state index >= 15 is 0 Å². The fourth-order valence-electron chi connectivity index (χ4n) is 2.07. The summed E-state index contributed by atoms with van der Waals surface area (Å²) in [4.78, 5) is 15.5. The maximum Gasteiger partial charge on any atom is 0.354 e. The van der Waals surface area contributed by atoms with E-state index in [9.17, 15) is 4.79 Å². The molecule has 0 radical (unpaired) electrons. The topological polar surface area (TPSA) is 67.5 Å². The van der Waals surface area contributed by atoms with Crippen molar-refractivity contribution in [2.24, 2.45) is 0 Å². The SMILES string of the molecule is Cc1ccc(Cc2nc3cccc(C(=O)O)n3n2)cc1. The second-order valence-electron chi connectivity index (χ2n) is 4.68. The molecule has 0 atom stereocenters. The van der Waals surface area contributed by atoms with Crippen molar-refractivity contribution in [2.75, 3.05) is 0 Å². The normalized spacial score (nSPS) is 10.8. The summed E-state index contributed by atoms with van der Waals surface area (Å²) in [7, 11) is 0. The Balaban J connectivity index is 1.99. The van der Waals surface area contributed by atoms with E-state index in [2.05, 4.69) is 10.1 Å². The van der Waals surface area contributed by atoms with Gasteiger partial charge in [0.25, 0.3) is 0 Å². The molecule has 0 saturated heterocycles. The zero-order valence-electron chi connectivity index (χ0n) is 10.9. The summed E-state index contributed by atoms with van der Waals surface area (Å²) in [6.45, 7) is 2.03. The highest BCUT2D eigenvalue weighted by molar-refractivity contribution is 5.86. The highest BCUT2D eigenvalue weighted by Gasteiger charge is 2.12. The largest absolute Gasteiger partial charge is 0.477 e. The Labute approximate surface area is 115 Å². The van der Waals surface area contributed by atoms with Crippen LogP contribution in [0.3, 0.4) is 0 Å². The first-order valence-electron chi connectivity index (χ1n) is 6.27. The van der Waals surface area contributed by atoms with Gasteiger partial charge < -0.3 is 5.11 Å². The van der Waals surface area contributed by atoms with Crippen LogP contribution in [0.2, 0.25) is 0 Å². The lowest BCUT2D eigenvalue weighted by atomic mass is 10.1. The molecule has 0 unspecified atom stereocenters. The van der Waals surface area contributed by atoms with Crippen molar-refractivity contribution in [1.29, 1.82) is 0 Å². The second-order valence-corrected chi connectivity index (χ2v) is 4.68. The predicted molar refractivity (Wildman–Crippen MR) is 73.9 cm³/mol. The quantitative estimate of drug-likeness (QED) is 0.790. The first-order chi connectivity index (χ1) is 9.63. The number of nitrogens with zero attached hydrogens (tertiary/aromatic N) is 3. The van der Waals surface area contributed by atoms with Gasteiger partial charge in [-0.25, -0.2) is 14.3 Å². The van der Waals surface area contributed by atoms with Crippen LogP contribution in [0.5, 0.6) is 0 Å². The summed E-state index contributed by atoms with van der Waals surface area (Å²) in [6.07, 6.45) is 0.584. The van der Waals surface area contributed by atoms with Crippen molar-refractivity contribution in [2.45, 2.75) is 13.3 Å². The molecule has 1 N–H and O–H groups in total. The van der Waals surface area contributed by atoms with E-state index < -0.39 is 5.97 Å². The molecule has 0 aliphatic carbocycles. The number of aromatic nitrogens is 3. The third-order valence-corrected chi connectivity index (χ3v) is 3.11. The predicted octanol–water partition coefficient (Wildman–Crippen LogP) is 2.33. The molecule has 2 heterocycles. The second kappa shape index (κ2) is 4.77. The van der Waals surface area contributed by atoms with Crippen molar-refractivity contribution in [3.8, 4) is 0 Å². The molecule has 0 aliphatic rings. The van der Waals surface area contributed by atoms with Gasteiger partial charge in [0.05, 0.1) is 0 Å². The molecule has 0 amide bonds. The number of aromatic carboxylic acids is 1. The van der Waals surface area contributed by atoms with Crippen LogP contribution in [0.15, 0.2) is 42.5 Å². The number of hydrogen-bond acceptors (Lipinski definition) is 3. The number of carboxylic acid groups (broad SMARTS) is 1. The molecule has 0 bridgehead atoms. The summed E-state index contributed by atoms with van der Waals surface area (Å²) < 4.78 is 1.37. The van der Waals surface area contributed by atoms with Gasteiger partial charge in [-0.15, -0.1) is 0 Å². The summed E-state index contributed by atoms with van der Waals surface area (Å²) in [6, 6.07) is 13.1. The average molecular weight is 267 g/mol. The third kappa shape index (κ3) is 2.25. The van der Waals surface area contributed by atoms with Gasteiger partial charge in [0.2, 0.25) is 0 Å². The molecule has 100 valence electrons. The van der Waals surface area contributed by atoms with Crippen molar-refractivity contribution in [1.82, 2.24) is 14.6 Å². The first kappa shape index (κ1) is 12.3. The third-order valence-electron chi connectivity index (χ3n) is 3.11. The zero-order chi connectivity index (χ0) is 14.1. The van der Waals surface area contributed by atoms with Gasteiger partial charge in [-0.05, 0) is 24.6 Å². The van der Waals surface area contributed by atoms with Gasteiger partial charge in [-0.1, -0.05) is 35.9 Å². The van der Waals surface area contributed by atoms with Gasteiger partial charge in [0, 0.05) is 6.42 Å². The molecule has 2 aromatic heterocycles. The van der Waals surface area contributed by atoms with E-state index in [-0.39, 0.29) is 5.69 Å². The minimum atomic E-state index is -1.01.